The Morgan fingerprint density at radius 1 is 0.407 bits per heavy atom. The molecule has 6 N–H and O–H groups in total. The lowest BCUT2D eigenvalue weighted by molar-refractivity contribution is 0.102. The third-order valence-electron chi connectivity index (χ3n) is 19.1. The van der Waals surface area contributed by atoms with E-state index in [0.717, 1.165) is 31.4 Å². The van der Waals surface area contributed by atoms with Gasteiger partial charge in [0.2, 0.25) is 23.8 Å². The Labute approximate surface area is 644 Å². The van der Waals surface area contributed by atoms with E-state index in [0.29, 0.717) is 61.7 Å². The smallest absolute Gasteiger partial charge is 0.390 e. The lowest BCUT2D eigenvalue weighted by atomic mass is 9.80. The number of aromatic nitrogens is 8. The fourth-order valence-corrected chi connectivity index (χ4v) is 15.2. The second kappa shape index (κ2) is 29.2. The number of aryl methyl sites for hydroxylation is 4. The van der Waals surface area contributed by atoms with Crippen LogP contribution in [0.25, 0.3) is 44.1 Å². The zero-order valence-electron chi connectivity index (χ0n) is 60.5. The molecule has 10 aromatic carbocycles. The lowest BCUT2D eigenvalue weighted by Crippen LogP contribution is -2.29. The number of benzene rings is 10. The van der Waals surface area contributed by atoms with Crippen LogP contribution in [0.4, 0.5) is 57.9 Å². The molecule has 4 heterocycles. The molecule has 557 valence electrons. The number of hydrogen-bond acceptors (Lipinski definition) is 26. The van der Waals surface area contributed by atoms with Crippen LogP contribution in [-0.2, 0) is 42.7 Å². The number of carbonyl (C=O) groups is 4. The summed E-state index contributed by atoms with van der Waals surface area (Å²) in [5.74, 6) is -1.69. The minimum absolute atomic E-state index is 0.0158. The number of ether oxygens (including phenoxy) is 2. The van der Waals surface area contributed by atoms with Crippen molar-refractivity contribution in [1.82, 2.24) is 39.0 Å². The second-order valence-corrected chi connectivity index (χ2v) is 29.5. The van der Waals surface area contributed by atoms with Gasteiger partial charge in [0.1, 0.15) is 16.4 Å². The number of para-hydroxylation sites is 2. The zero-order valence-corrected chi connectivity index (χ0v) is 62.1. The number of rotatable bonds is 24. The van der Waals surface area contributed by atoms with Crippen molar-refractivity contribution in [3.8, 4) is 45.8 Å². The second-order valence-electron chi connectivity index (χ2n) is 26.1. The van der Waals surface area contributed by atoms with Gasteiger partial charge in [-0.05, 0) is 128 Å². The summed E-state index contributed by atoms with van der Waals surface area (Å²) >= 11 is 0. The Hall–Kier alpha value is -14.4. The van der Waals surface area contributed by atoms with Gasteiger partial charge in [-0.1, -0.05) is 127 Å². The third kappa shape index (κ3) is 13.7. The van der Waals surface area contributed by atoms with Crippen molar-refractivity contribution in [1.29, 1.82) is 0 Å². The van der Waals surface area contributed by atoms with E-state index < -0.39 is 48.7 Å². The summed E-state index contributed by atoms with van der Waals surface area (Å²) < 4.78 is 78.2. The maximum Gasteiger partial charge on any atom is 0.390 e. The van der Waals surface area contributed by atoms with Crippen LogP contribution in [0.2, 0.25) is 0 Å². The van der Waals surface area contributed by atoms with E-state index in [1.54, 1.807) is 153 Å². The largest absolute Gasteiger partial charge is 0.424 e. The molecule has 0 spiro atoms. The van der Waals surface area contributed by atoms with Crippen LogP contribution in [0, 0.1) is 13.8 Å². The Kier molecular flexibility index (Phi) is 18.8. The monoisotopic (exact) mass is 1540 g/mol. The van der Waals surface area contributed by atoms with Crippen molar-refractivity contribution in [2.24, 2.45) is 14.1 Å². The summed E-state index contributed by atoms with van der Waals surface area (Å²) in [5.41, 5.74) is 4.25. The molecule has 0 bridgehead atoms. The van der Waals surface area contributed by atoms with Crippen LogP contribution in [0.5, 0.6) is 23.5 Å². The first-order valence-electron chi connectivity index (χ1n) is 34.7. The summed E-state index contributed by atoms with van der Waals surface area (Å²) in [4.78, 5) is 115. The highest BCUT2D eigenvalue weighted by molar-refractivity contribution is 7.87. The van der Waals surface area contributed by atoms with Gasteiger partial charge < -0.3 is 50.3 Å². The molecule has 0 amide bonds. The molecule has 2 aliphatic rings. The number of fused-ring (bicyclic) bond motifs is 4. The fraction of sp³-hybridized carbons (Fsp3) is 0.0732. The average molecular weight is 1540 g/mol. The van der Waals surface area contributed by atoms with E-state index in [9.17, 15) is 40.8 Å². The van der Waals surface area contributed by atoms with Gasteiger partial charge in [0.05, 0.1) is 69.5 Å². The molecular formula is C82H60BN14O14S2. The number of pyridine rings is 2. The van der Waals surface area contributed by atoms with Gasteiger partial charge in [-0.25, -0.2) is 0 Å². The number of anilines is 10. The van der Waals surface area contributed by atoms with E-state index in [1.807, 2.05) is 32.0 Å². The first-order valence-corrected chi connectivity index (χ1v) is 37.5. The SMILES string of the molecule is COS(=O)(=O)c1cccc(C(=O)c2c3c4c(c(Nc5cc(Nc6nc(N[B]Nc7nc(Nc8ccc(C)c(Nc9ccc%10c%11c9C(=O)c9ccccc9-c%11c(C(=O)c9cccc(C)c9)c(=O)n%10C)c8)nc(Oc8ccccc8)n7)nc(Oc7ccccc7)n6)ccc5S(=O)(=O)OC)ccc4n(C)c2=O)C(=O)c2ccccc2-3)c1. The lowest BCUT2D eigenvalue weighted by Gasteiger charge is -2.26. The molecule has 14 aromatic rings. The van der Waals surface area contributed by atoms with Crippen molar-refractivity contribution in [2.75, 3.05) is 45.9 Å². The van der Waals surface area contributed by atoms with Crippen molar-refractivity contribution in [3.05, 3.63) is 295 Å². The third-order valence-corrected chi connectivity index (χ3v) is 21.7. The molecule has 0 atom stereocenters. The number of hydrogen-bond donors (Lipinski definition) is 6. The molecule has 0 unspecified atom stereocenters. The van der Waals surface area contributed by atoms with Gasteiger partial charge in [-0.3, -0.25) is 37.1 Å². The van der Waals surface area contributed by atoms with E-state index in [1.165, 1.54) is 72.3 Å². The summed E-state index contributed by atoms with van der Waals surface area (Å²) in [6.45, 7) is 3.76. The Morgan fingerprint density at radius 3 is 1.35 bits per heavy atom. The highest BCUT2D eigenvalue weighted by Crippen LogP contribution is 2.47. The first-order chi connectivity index (χ1) is 54.5. The molecule has 1 radical (unpaired) electrons. The van der Waals surface area contributed by atoms with E-state index in [4.69, 9.17) is 17.8 Å². The first kappa shape index (κ1) is 72.8. The van der Waals surface area contributed by atoms with E-state index in [-0.39, 0.29) is 124 Å². The summed E-state index contributed by atoms with van der Waals surface area (Å²) in [5, 5.41) is 19.7. The van der Waals surface area contributed by atoms with Gasteiger partial charge in [0.25, 0.3) is 31.4 Å². The molecule has 28 nitrogen and oxygen atoms in total. The standard InChI is InChI=1S/C82H60BN14O14S2/c1-43-19-17-20-45(39-43)71(98)69-63-52-27-13-15-29-54(52)73(100)65-56(34-36-60(67(63)65)96(3)75(69)102)86-58-41-47(32-31-44(58)2)84-77-88-79(92-81(90-77)110-49-22-9-7-10-23-49)94-83-95-80-89-78(91-82(93-80)111-50-24-11-8-12-25-50)85-48-33-38-62(113(106,107)109-6)59(42-48)87-57-35-37-61-68-64(53-28-14-16-30-55(53)74(101)66(57)68)70(76(103)97(61)4)72(99)46-21-18-26-51(40-46)112(104,105)108-5/h7-42,86-87H,1-6H3,(H2,84,88,90,92,94)(H2,85,89,91,93,95). The molecule has 113 heavy (non-hydrogen) atoms. The van der Waals surface area contributed by atoms with Crippen LogP contribution < -0.4 is 52.3 Å². The van der Waals surface area contributed by atoms with Crippen molar-refractivity contribution in [3.63, 3.8) is 0 Å². The minimum atomic E-state index is -4.55. The number of carbonyl (C=O) groups excluding carboxylic acids is 4. The topological polar surface area (TPSA) is 367 Å². The highest BCUT2D eigenvalue weighted by atomic mass is 32.2. The molecule has 31 heteroatoms. The average Bonchev–Trinajstić information content (AvgIpc) is 0.711. The normalized spacial score (nSPS) is 12.0. The van der Waals surface area contributed by atoms with Crippen molar-refractivity contribution >= 4 is 131 Å². The van der Waals surface area contributed by atoms with Gasteiger partial charge >= 0.3 is 19.6 Å². The predicted molar refractivity (Wildman–Crippen MR) is 425 cm³/mol. The number of ketones is 4. The maximum absolute atomic E-state index is 15.1. The van der Waals surface area contributed by atoms with Crippen LogP contribution >= 0.6 is 0 Å². The molecule has 2 aliphatic carbocycles. The zero-order chi connectivity index (χ0) is 78.7. The van der Waals surface area contributed by atoms with E-state index >= 15 is 4.79 Å². The van der Waals surface area contributed by atoms with Crippen LogP contribution in [0.1, 0.15) is 74.8 Å². The van der Waals surface area contributed by atoms with Gasteiger partial charge in [0, 0.05) is 75.3 Å². The molecule has 0 aliphatic heterocycles. The fourth-order valence-electron chi connectivity index (χ4n) is 13.7. The minimum Gasteiger partial charge on any atom is -0.424 e. The number of nitrogens with one attached hydrogen (secondary N) is 6. The Bertz CT molecular complexity index is 6770. The van der Waals surface area contributed by atoms with Crippen LogP contribution in [-0.4, -0.2) is 101 Å². The van der Waals surface area contributed by atoms with E-state index in [2.05, 4.69) is 61.6 Å². The summed E-state index contributed by atoms with van der Waals surface area (Å²) in [7, 11) is -2.54. The van der Waals surface area contributed by atoms with Crippen LogP contribution in [0.15, 0.2) is 238 Å². The van der Waals surface area contributed by atoms with Crippen LogP contribution in [0.3, 0.4) is 0 Å². The van der Waals surface area contributed by atoms with Crippen molar-refractivity contribution in [2.45, 2.75) is 23.6 Å². The molecular weight excluding hydrogens is 1480 g/mol. The quantitative estimate of drug-likeness (QED) is 0.0186. The Morgan fingerprint density at radius 2 is 0.850 bits per heavy atom. The molecule has 4 aromatic heterocycles. The summed E-state index contributed by atoms with van der Waals surface area (Å²) in [6.07, 6.45) is 0. The highest BCUT2D eigenvalue weighted by Gasteiger charge is 2.37. The maximum atomic E-state index is 15.1. The summed E-state index contributed by atoms with van der Waals surface area (Å²) in [6, 6.07) is 58.6. The number of nitrogens with zero attached hydrogens (tertiary/aromatic N) is 8. The molecule has 0 saturated heterocycles. The van der Waals surface area contributed by atoms with Crippen molar-refractivity contribution < 1.29 is 53.9 Å². The van der Waals surface area contributed by atoms with Gasteiger partial charge in [0.15, 0.2) is 23.1 Å². The Balaban J connectivity index is 0.707. The van der Waals surface area contributed by atoms with Gasteiger partial charge in [-0.15, -0.1) is 0 Å². The molecule has 0 fully saturated rings. The molecule has 0 saturated carbocycles. The molecule has 16 rings (SSSR count). The van der Waals surface area contributed by atoms with Gasteiger partial charge in [-0.2, -0.15) is 46.7 Å². The predicted octanol–water partition coefficient (Wildman–Crippen LogP) is 13.5.